The van der Waals surface area contributed by atoms with Gasteiger partial charge in [-0.25, -0.2) is 0 Å². The number of benzene rings is 1. The van der Waals surface area contributed by atoms with E-state index in [9.17, 15) is 9.59 Å². The lowest BCUT2D eigenvalue weighted by Gasteiger charge is -2.13. The lowest BCUT2D eigenvalue weighted by molar-refractivity contribution is -0.137. The zero-order valence-corrected chi connectivity index (χ0v) is 12.5. The molecule has 0 aliphatic carbocycles. The summed E-state index contributed by atoms with van der Waals surface area (Å²) in [7, 11) is 0. The van der Waals surface area contributed by atoms with Gasteiger partial charge in [0.1, 0.15) is 0 Å². The smallest absolute Gasteiger partial charge is 0.303 e. The number of halogens is 2. The summed E-state index contributed by atoms with van der Waals surface area (Å²) in [4.78, 5) is 22.1. The fourth-order valence-electron chi connectivity index (χ4n) is 1.24. The van der Waals surface area contributed by atoms with Gasteiger partial charge in [-0.3, -0.25) is 9.59 Å². The van der Waals surface area contributed by atoms with Crippen molar-refractivity contribution < 1.29 is 14.7 Å². The molecule has 1 atom stereocenters. The molecule has 1 unspecified atom stereocenters. The maximum absolute atomic E-state index is 11.8. The van der Waals surface area contributed by atoms with Crippen LogP contribution in [0.2, 0.25) is 0 Å². The number of amides is 1. The zero-order chi connectivity index (χ0) is 13.7. The Morgan fingerprint density at radius 1 is 1.33 bits per heavy atom. The van der Waals surface area contributed by atoms with E-state index < -0.39 is 17.9 Å². The fourth-order valence-corrected chi connectivity index (χ4v) is 2.44. The Bertz CT molecular complexity index is 445. The quantitative estimate of drug-likeness (QED) is 0.732. The van der Waals surface area contributed by atoms with Crippen LogP contribution >= 0.6 is 31.9 Å². The molecule has 98 valence electrons. The minimum Gasteiger partial charge on any atom is -0.481 e. The van der Waals surface area contributed by atoms with Crippen molar-refractivity contribution in [1.29, 1.82) is 0 Å². The molecule has 0 aromatic heterocycles. The number of rotatable bonds is 5. The molecule has 0 aliphatic heterocycles. The molecular formula is C11H12Br2N2O3. The van der Waals surface area contributed by atoms with Crippen LogP contribution in [-0.2, 0) is 9.59 Å². The van der Waals surface area contributed by atoms with Gasteiger partial charge in [0.15, 0.2) is 0 Å². The van der Waals surface area contributed by atoms with Crippen LogP contribution < -0.4 is 11.1 Å². The molecule has 4 N–H and O–H groups in total. The average Bonchev–Trinajstić information content (AvgIpc) is 2.30. The average molecular weight is 380 g/mol. The highest BCUT2D eigenvalue weighted by molar-refractivity contribution is 9.11. The molecule has 0 saturated carbocycles. The van der Waals surface area contributed by atoms with Crippen molar-refractivity contribution in [2.24, 2.45) is 5.73 Å². The molecule has 7 heteroatoms. The summed E-state index contributed by atoms with van der Waals surface area (Å²) in [5, 5.41) is 11.2. The predicted molar refractivity (Wildman–Crippen MR) is 75.3 cm³/mol. The minimum absolute atomic E-state index is 0.100. The summed E-state index contributed by atoms with van der Waals surface area (Å²) in [5.74, 6) is -1.39. The van der Waals surface area contributed by atoms with E-state index in [1.807, 2.05) is 6.07 Å². The Hall–Kier alpha value is -0.920. The van der Waals surface area contributed by atoms with Crippen LogP contribution in [0.4, 0.5) is 5.69 Å². The number of carboxylic acids is 1. The lowest BCUT2D eigenvalue weighted by Crippen LogP contribution is -2.36. The number of carbonyl (C=O) groups is 2. The maximum Gasteiger partial charge on any atom is 0.303 e. The normalized spacial score (nSPS) is 11.9. The second-order valence-corrected chi connectivity index (χ2v) is 5.33. The highest BCUT2D eigenvalue weighted by atomic mass is 79.9. The number of hydrogen-bond acceptors (Lipinski definition) is 3. The van der Waals surface area contributed by atoms with Gasteiger partial charge in [0.05, 0.1) is 11.7 Å². The van der Waals surface area contributed by atoms with Gasteiger partial charge in [-0.1, -0.05) is 6.07 Å². The Balaban J connectivity index is 2.67. The molecule has 0 aliphatic rings. The molecule has 1 aromatic carbocycles. The summed E-state index contributed by atoms with van der Waals surface area (Å²) in [6.07, 6.45) is -0.0328. The topological polar surface area (TPSA) is 92.4 Å². The molecular weight excluding hydrogens is 368 g/mol. The van der Waals surface area contributed by atoms with Crippen molar-refractivity contribution in [1.82, 2.24) is 0 Å². The molecule has 18 heavy (non-hydrogen) atoms. The van der Waals surface area contributed by atoms with Crippen molar-refractivity contribution in [3.8, 4) is 0 Å². The number of carboxylic acid groups (broad SMARTS) is 1. The number of nitrogens with two attached hydrogens (primary N) is 1. The van der Waals surface area contributed by atoms with Gasteiger partial charge < -0.3 is 16.2 Å². The third-order valence-electron chi connectivity index (χ3n) is 2.22. The van der Waals surface area contributed by atoms with Crippen molar-refractivity contribution >= 4 is 49.4 Å². The second kappa shape index (κ2) is 6.86. The van der Waals surface area contributed by atoms with Crippen LogP contribution in [-0.4, -0.2) is 23.0 Å². The van der Waals surface area contributed by atoms with E-state index in [0.717, 1.165) is 8.95 Å². The fraction of sp³-hybridized carbons (Fsp3) is 0.273. The zero-order valence-electron chi connectivity index (χ0n) is 9.32. The third-order valence-corrected chi connectivity index (χ3v) is 3.54. The van der Waals surface area contributed by atoms with E-state index >= 15 is 0 Å². The number of carbonyl (C=O) groups excluding carboxylic acids is 1. The largest absolute Gasteiger partial charge is 0.481 e. The monoisotopic (exact) mass is 378 g/mol. The summed E-state index contributed by atoms with van der Waals surface area (Å²) >= 11 is 6.61. The predicted octanol–water partition coefficient (Wildman–Crippen LogP) is 2.34. The number of aliphatic carboxylic acids is 1. The SMILES string of the molecule is NC(CCC(=O)O)C(=O)Nc1c(Br)cccc1Br. The van der Waals surface area contributed by atoms with Gasteiger partial charge >= 0.3 is 5.97 Å². The molecule has 0 heterocycles. The summed E-state index contributed by atoms with van der Waals surface area (Å²) in [6, 6.07) is 4.53. The van der Waals surface area contributed by atoms with Crippen LogP contribution in [0, 0.1) is 0 Å². The number of anilines is 1. The first kappa shape index (κ1) is 15.1. The Labute approximate surface area is 121 Å². The van der Waals surface area contributed by atoms with Crippen LogP contribution in [0.15, 0.2) is 27.1 Å². The van der Waals surface area contributed by atoms with Crippen LogP contribution in [0.3, 0.4) is 0 Å². The highest BCUT2D eigenvalue weighted by Crippen LogP contribution is 2.30. The first-order chi connectivity index (χ1) is 8.41. The molecule has 0 saturated heterocycles. The van der Waals surface area contributed by atoms with E-state index in [0.29, 0.717) is 5.69 Å². The van der Waals surface area contributed by atoms with E-state index in [-0.39, 0.29) is 12.8 Å². The first-order valence-electron chi connectivity index (χ1n) is 5.14. The Morgan fingerprint density at radius 3 is 2.39 bits per heavy atom. The number of nitrogens with one attached hydrogen (secondary N) is 1. The van der Waals surface area contributed by atoms with Gasteiger partial charge in [-0.2, -0.15) is 0 Å². The maximum atomic E-state index is 11.8. The van der Waals surface area contributed by atoms with Crippen LogP contribution in [0.25, 0.3) is 0 Å². The van der Waals surface area contributed by atoms with E-state index in [1.165, 1.54) is 0 Å². The lowest BCUT2D eigenvalue weighted by atomic mass is 10.1. The van der Waals surface area contributed by atoms with Gasteiger partial charge in [0.2, 0.25) is 5.91 Å². The molecule has 1 amide bonds. The first-order valence-corrected chi connectivity index (χ1v) is 6.72. The van der Waals surface area contributed by atoms with Crippen molar-refractivity contribution in [3.63, 3.8) is 0 Å². The molecule has 0 radical (unpaired) electrons. The van der Waals surface area contributed by atoms with Gasteiger partial charge in [0.25, 0.3) is 0 Å². The third kappa shape index (κ3) is 4.40. The molecule has 0 bridgehead atoms. The van der Waals surface area contributed by atoms with E-state index in [2.05, 4.69) is 37.2 Å². The van der Waals surface area contributed by atoms with E-state index in [1.54, 1.807) is 12.1 Å². The minimum atomic E-state index is -0.972. The standard InChI is InChI=1S/C11H12Br2N2O3/c12-6-2-1-3-7(13)10(6)15-11(18)8(14)4-5-9(16)17/h1-3,8H,4-5,14H2,(H,15,18)(H,16,17). The number of hydrogen-bond donors (Lipinski definition) is 3. The van der Waals surface area contributed by atoms with Crippen LogP contribution in [0.5, 0.6) is 0 Å². The van der Waals surface area contributed by atoms with Crippen LogP contribution in [0.1, 0.15) is 12.8 Å². The molecule has 0 fully saturated rings. The van der Waals surface area contributed by atoms with Crippen molar-refractivity contribution in [2.75, 3.05) is 5.32 Å². The summed E-state index contributed by atoms with van der Waals surface area (Å²) < 4.78 is 1.44. The van der Waals surface area contributed by atoms with Gasteiger partial charge in [0, 0.05) is 15.4 Å². The summed E-state index contributed by atoms with van der Waals surface area (Å²) in [5.41, 5.74) is 6.18. The van der Waals surface area contributed by atoms with Gasteiger partial charge in [-0.15, -0.1) is 0 Å². The Kier molecular flexibility index (Phi) is 5.77. The molecule has 0 spiro atoms. The number of para-hydroxylation sites is 1. The van der Waals surface area contributed by atoms with Crippen molar-refractivity contribution in [3.05, 3.63) is 27.1 Å². The highest BCUT2D eigenvalue weighted by Gasteiger charge is 2.17. The van der Waals surface area contributed by atoms with Crippen molar-refractivity contribution in [2.45, 2.75) is 18.9 Å². The van der Waals surface area contributed by atoms with E-state index in [4.69, 9.17) is 10.8 Å². The molecule has 5 nitrogen and oxygen atoms in total. The van der Waals surface area contributed by atoms with Gasteiger partial charge in [-0.05, 0) is 50.4 Å². The second-order valence-electron chi connectivity index (χ2n) is 3.62. The Morgan fingerprint density at radius 2 is 1.89 bits per heavy atom. The molecule has 1 aromatic rings. The molecule has 1 rings (SSSR count). The summed E-state index contributed by atoms with van der Waals surface area (Å²) in [6.45, 7) is 0.